The second kappa shape index (κ2) is 4.08. The van der Waals surface area contributed by atoms with E-state index in [4.69, 9.17) is 5.73 Å². The number of nitrogens with zero attached hydrogens (tertiary/aromatic N) is 3. The number of para-hydroxylation sites is 1. The van der Waals surface area contributed by atoms with E-state index in [1.807, 2.05) is 24.5 Å². The third kappa shape index (κ3) is 1.68. The minimum atomic E-state index is -0.333. The standard InChI is InChI=1S/C13H14FN5/c1-7(2)19-10-5-3-4-9(14)11(10)17-13(19)8-6-16-18-12(8)15/h3-7H,1-2H3,(H3,15,16,18). The number of imidazole rings is 1. The molecule has 0 bridgehead atoms. The molecule has 3 aromatic rings. The van der Waals surface area contributed by atoms with Crippen LogP contribution in [-0.2, 0) is 0 Å². The maximum Gasteiger partial charge on any atom is 0.151 e. The summed E-state index contributed by atoms with van der Waals surface area (Å²) >= 11 is 0. The van der Waals surface area contributed by atoms with Gasteiger partial charge in [0.15, 0.2) is 5.82 Å². The molecule has 0 unspecified atom stereocenters. The zero-order valence-corrected chi connectivity index (χ0v) is 10.7. The van der Waals surface area contributed by atoms with Crippen molar-refractivity contribution in [2.24, 2.45) is 0 Å². The van der Waals surface area contributed by atoms with Crippen LogP contribution in [0.1, 0.15) is 19.9 Å². The Morgan fingerprint density at radius 2 is 2.16 bits per heavy atom. The number of anilines is 1. The molecule has 0 atom stereocenters. The van der Waals surface area contributed by atoms with Gasteiger partial charge in [-0.1, -0.05) is 6.07 Å². The summed E-state index contributed by atoms with van der Waals surface area (Å²) in [6.45, 7) is 4.04. The number of aromatic amines is 1. The average molecular weight is 259 g/mol. The van der Waals surface area contributed by atoms with E-state index in [1.165, 1.54) is 6.07 Å². The Balaban J connectivity index is 2.39. The molecule has 19 heavy (non-hydrogen) atoms. The summed E-state index contributed by atoms with van der Waals surface area (Å²) in [5, 5.41) is 6.57. The Hall–Kier alpha value is -2.37. The predicted octanol–water partition coefficient (Wildman–Crippen LogP) is 2.73. The van der Waals surface area contributed by atoms with Crippen LogP contribution in [0.3, 0.4) is 0 Å². The first kappa shape index (κ1) is 11.7. The highest BCUT2D eigenvalue weighted by Gasteiger charge is 2.19. The summed E-state index contributed by atoms with van der Waals surface area (Å²) in [5.41, 5.74) is 7.63. The van der Waals surface area contributed by atoms with Crippen LogP contribution < -0.4 is 5.73 Å². The molecule has 6 heteroatoms. The number of H-pyrrole nitrogens is 1. The minimum absolute atomic E-state index is 0.135. The highest BCUT2D eigenvalue weighted by Crippen LogP contribution is 2.31. The number of hydrogen-bond acceptors (Lipinski definition) is 3. The van der Waals surface area contributed by atoms with Gasteiger partial charge in [0.25, 0.3) is 0 Å². The normalized spacial score (nSPS) is 11.6. The number of benzene rings is 1. The number of halogens is 1. The Morgan fingerprint density at radius 1 is 1.37 bits per heavy atom. The van der Waals surface area contributed by atoms with E-state index in [0.717, 1.165) is 5.52 Å². The van der Waals surface area contributed by atoms with Gasteiger partial charge in [0.2, 0.25) is 0 Å². The molecule has 0 aliphatic heterocycles. The maximum atomic E-state index is 13.9. The van der Waals surface area contributed by atoms with Crippen molar-refractivity contribution < 1.29 is 4.39 Å². The molecule has 0 spiro atoms. The molecule has 1 aromatic carbocycles. The Morgan fingerprint density at radius 3 is 2.79 bits per heavy atom. The molecule has 0 amide bonds. The number of hydrogen-bond donors (Lipinski definition) is 2. The van der Waals surface area contributed by atoms with Crippen molar-refractivity contribution in [3.8, 4) is 11.4 Å². The molecule has 5 nitrogen and oxygen atoms in total. The van der Waals surface area contributed by atoms with Crippen LogP contribution in [-0.4, -0.2) is 19.7 Å². The minimum Gasteiger partial charge on any atom is -0.383 e. The van der Waals surface area contributed by atoms with Crippen LogP contribution in [0.25, 0.3) is 22.4 Å². The maximum absolute atomic E-state index is 13.9. The first-order chi connectivity index (χ1) is 9.09. The second-order valence-corrected chi connectivity index (χ2v) is 4.70. The summed E-state index contributed by atoms with van der Waals surface area (Å²) < 4.78 is 15.8. The Labute approximate surface area is 109 Å². The number of fused-ring (bicyclic) bond motifs is 1. The monoisotopic (exact) mass is 259 g/mol. The van der Waals surface area contributed by atoms with E-state index in [9.17, 15) is 4.39 Å². The number of aromatic nitrogens is 4. The molecule has 0 radical (unpaired) electrons. The van der Waals surface area contributed by atoms with Crippen LogP contribution in [0.5, 0.6) is 0 Å². The molecule has 0 saturated heterocycles. The van der Waals surface area contributed by atoms with Crippen molar-refractivity contribution in [2.75, 3.05) is 5.73 Å². The van der Waals surface area contributed by atoms with Gasteiger partial charge in [-0.3, -0.25) is 5.10 Å². The quantitative estimate of drug-likeness (QED) is 0.743. The fourth-order valence-electron chi connectivity index (χ4n) is 2.27. The average Bonchev–Trinajstić information content (AvgIpc) is 2.92. The van der Waals surface area contributed by atoms with E-state index in [1.54, 1.807) is 12.3 Å². The highest BCUT2D eigenvalue weighted by atomic mass is 19.1. The number of rotatable bonds is 2. The lowest BCUT2D eigenvalue weighted by atomic mass is 10.2. The summed E-state index contributed by atoms with van der Waals surface area (Å²) in [5.74, 6) is 0.721. The molecular weight excluding hydrogens is 245 g/mol. The van der Waals surface area contributed by atoms with Gasteiger partial charge < -0.3 is 10.3 Å². The summed E-state index contributed by atoms with van der Waals surface area (Å²) in [7, 11) is 0. The molecular formula is C13H14FN5. The number of nitrogen functional groups attached to an aromatic ring is 1. The molecule has 0 saturated carbocycles. The molecule has 0 fully saturated rings. The van der Waals surface area contributed by atoms with E-state index < -0.39 is 0 Å². The van der Waals surface area contributed by atoms with Gasteiger partial charge in [-0.25, -0.2) is 9.37 Å². The third-order valence-electron chi connectivity index (χ3n) is 3.10. The molecule has 3 N–H and O–H groups in total. The Kier molecular flexibility index (Phi) is 2.51. The molecule has 2 heterocycles. The Bertz CT molecular complexity index is 741. The van der Waals surface area contributed by atoms with E-state index in [0.29, 0.717) is 22.7 Å². The smallest absolute Gasteiger partial charge is 0.151 e. The number of nitrogens with two attached hydrogens (primary N) is 1. The first-order valence-corrected chi connectivity index (χ1v) is 6.05. The lowest BCUT2D eigenvalue weighted by Crippen LogP contribution is -2.03. The van der Waals surface area contributed by atoms with Gasteiger partial charge in [0.05, 0.1) is 17.3 Å². The van der Waals surface area contributed by atoms with Gasteiger partial charge in [-0.05, 0) is 26.0 Å². The SMILES string of the molecule is CC(C)n1c(-c2cn[nH]c2N)nc2c(F)cccc21. The van der Waals surface area contributed by atoms with Gasteiger partial charge >= 0.3 is 0 Å². The topological polar surface area (TPSA) is 72.5 Å². The summed E-state index contributed by atoms with van der Waals surface area (Å²) in [6.07, 6.45) is 1.60. The van der Waals surface area contributed by atoms with Gasteiger partial charge in [0, 0.05) is 6.04 Å². The fourth-order valence-corrected chi connectivity index (χ4v) is 2.27. The van der Waals surface area contributed by atoms with Crippen LogP contribution in [0, 0.1) is 5.82 Å². The molecule has 0 aliphatic carbocycles. The largest absolute Gasteiger partial charge is 0.383 e. The molecule has 98 valence electrons. The van der Waals surface area contributed by atoms with Crippen LogP contribution in [0.2, 0.25) is 0 Å². The second-order valence-electron chi connectivity index (χ2n) is 4.70. The predicted molar refractivity (Wildman–Crippen MR) is 72.1 cm³/mol. The molecule has 3 rings (SSSR count). The lowest BCUT2D eigenvalue weighted by molar-refractivity contribution is 0.623. The van der Waals surface area contributed by atoms with Gasteiger partial charge in [-0.15, -0.1) is 0 Å². The van der Waals surface area contributed by atoms with Crippen molar-refractivity contribution in [1.82, 2.24) is 19.7 Å². The van der Waals surface area contributed by atoms with Crippen molar-refractivity contribution in [1.29, 1.82) is 0 Å². The summed E-state index contributed by atoms with van der Waals surface area (Å²) in [6, 6.07) is 5.07. The van der Waals surface area contributed by atoms with Gasteiger partial charge in [-0.2, -0.15) is 5.10 Å². The number of nitrogens with one attached hydrogen (secondary N) is 1. The van der Waals surface area contributed by atoms with Crippen molar-refractivity contribution in [2.45, 2.75) is 19.9 Å². The third-order valence-corrected chi connectivity index (χ3v) is 3.10. The fraction of sp³-hybridized carbons (Fsp3) is 0.231. The zero-order chi connectivity index (χ0) is 13.6. The van der Waals surface area contributed by atoms with Crippen molar-refractivity contribution >= 4 is 16.9 Å². The summed E-state index contributed by atoms with van der Waals surface area (Å²) in [4.78, 5) is 4.38. The molecule has 2 aromatic heterocycles. The van der Waals surface area contributed by atoms with Crippen molar-refractivity contribution in [3.05, 3.63) is 30.2 Å². The first-order valence-electron chi connectivity index (χ1n) is 6.05. The van der Waals surface area contributed by atoms with E-state index in [2.05, 4.69) is 15.2 Å². The highest BCUT2D eigenvalue weighted by molar-refractivity contribution is 5.83. The van der Waals surface area contributed by atoms with Crippen LogP contribution >= 0.6 is 0 Å². The van der Waals surface area contributed by atoms with E-state index in [-0.39, 0.29) is 11.9 Å². The van der Waals surface area contributed by atoms with Crippen LogP contribution in [0.15, 0.2) is 24.4 Å². The van der Waals surface area contributed by atoms with E-state index >= 15 is 0 Å². The van der Waals surface area contributed by atoms with Gasteiger partial charge in [0.1, 0.15) is 17.2 Å². The van der Waals surface area contributed by atoms with Crippen molar-refractivity contribution in [3.63, 3.8) is 0 Å². The van der Waals surface area contributed by atoms with Crippen LogP contribution in [0.4, 0.5) is 10.2 Å². The lowest BCUT2D eigenvalue weighted by Gasteiger charge is -2.12. The molecule has 0 aliphatic rings. The zero-order valence-electron chi connectivity index (χ0n) is 10.7.